The molecule has 0 aliphatic carbocycles. The van der Waals surface area contributed by atoms with Crippen molar-refractivity contribution in [1.82, 2.24) is 35.6 Å². The van der Waals surface area contributed by atoms with Gasteiger partial charge in [0.1, 0.15) is 12.0 Å². The van der Waals surface area contributed by atoms with Crippen LogP contribution in [0.25, 0.3) is 17.0 Å². The first-order valence-electron chi connectivity index (χ1n) is 12.7. The van der Waals surface area contributed by atoms with Gasteiger partial charge >= 0.3 is 16.3 Å². The zero-order valence-electron chi connectivity index (χ0n) is 22.3. The highest BCUT2D eigenvalue weighted by Crippen LogP contribution is 2.61. The van der Waals surface area contributed by atoms with Crippen molar-refractivity contribution in [2.24, 2.45) is 10.8 Å². The maximum absolute atomic E-state index is 12.3. The van der Waals surface area contributed by atoms with E-state index in [4.69, 9.17) is 38.7 Å². The average Bonchev–Trinajstić information content (AvgIpc) is 3.72. The number of hydrogen-bond acceptors (Lipinski definition) is 21. The van der Waals surface area contributed by atoms with Crippen LogP contribution < -0.4 is 37.6 Å². The smallest absolute Gasteiger partial charge is 0.501 e. The van der Waals surface area contributed by atoms with Crippen LogP contribution in [-0.4, -0.2) is 86.0 Å². The van der Waals surface area contributed by atoms with E-state index < -0.39 is 87.5 Å². The van der Waals surface area contributed by atoms with Crippen LogP contribution in [-0.2, 0) is 24.9 Å². The molecule has 3 aromatic rings. The van der Waals surface area contributed by atoms with Crippen LogP contribution in [0.15, 0.2) is 38.4 Å². The molecule has 4 aliphatic rings. The summed E-state index contributed by atoms with van der Waals surface area (Å²) in [4.78, 5) is 65.1. The summed E-state index contributed by atoms with van der Waals surface area (Å²) in [6.45, 7) is -0.623. The fraction of sp³-hybridized carbons (Fsp3) is 0.300. The number of hydrazone groups is 1. The summed E-state index contributed by atoms with van der Waals surface area (Å²) in [5.41, 5.74) is 13.5. The van der Waals surface area contributed by atoms with Gasteiger partial charge in [0.05, 0.1) is 18.2 Å². The summed E-state index contributed by atoms with van der Waals surface area (Å²) in [5.74, 6) is -4.32. The number of aromatic amines is 1. The van der Waals surface area contributed by atoms with E-state index in [1.54, 1.807) is 0 Å². The van der Waals surface area contributed by atoms with Gasteiger partial charge in [0.25, 0.3) is 23.0 Å². The second-order valence-corrected chi connectivity index (χ2v) is 12.5. The van der Waals surface area contributed by atoms with E-state index in [9.17, 15) is 34.6 Å². The Labute approximate surface area is 249 Å². The number of imidazole rings is 1. The predicted octanol–water partition coefficient (Wildman–Crippen LogP) is -3.19. The van der Waals surface area contributed by atoms with Crippen LogP contribution >= 0.6 is 16.3 Å². The van der Waals surface area contributed by atoms with Crippen LogP contribution in [0.2, 0.25) is 0 Å². The monoisotopic (exact) mass is 674 g/mol. The fourth-order valence-corrected chi connectivity index (χ4v) is 6.32. The van der Waals surface area contributed by atoms with Crippen LogP contribution in [0.5, 0.6) is 11.5 Å². The minimum atomic E-state index is -4.96. The number of H-pyrrole nitrogens is 1. The topological polar surface area (TPSA) is 345 Å². The summed E-state index contributed by atoms with van der Waals surface area (Å²) >= 11 is 0. The molecule has 14 N–H and O–H groups in total. The molecule has 3 aromatic heterocycles. The molecule has 0 radical (unpaired) electrons. The van der Waals surface area contributed by atoms with Crippen molar-refractivity contribution in [1.29, 1.82) is 0 Å². The van der Waals surface area contributed by atoms with Crippen molar-refractivity contribution >= 4 is 45.0 Å². The van der Waals surface area contributed by atoms with Crippen molar-refractivity contribution in [3.05, 3.63) is 46.0 Å². The Kier molecular flexibility index (Phi) is 6.88. The molecule has 1 fully saturated rings. The number of fused-ring (bicyclic) bond motifs is 5. The molecule has 0 saturated carbocycles. The van der Waals surface area contributed by atoms with E-state index in [0.717, 1.165) is 10.9 Å². The Morgan fingerprint density at radius 1 is 1.13 bits per heavy atom. The minimum Gasteiger partial charge on any atom is -0.501 e. The lowest BCUT2D eigenvalue weighted by Crippen LogP contribution is -2.67. The molecule has 23 nitrogen and oxygen atoms in total. The average molecular weight is 674 g/mol. The largest absolute Gasteiger partial charge is 0.663 e. The normalized spacial score (nSPS) is 28.4. The number of nitrogens with one attached hydrogen (secondary N) is 4. The summed E-state index contributed by atoms with van der Waals surface area (Å²) in [6, 6.07) is -1.03. The standard InChI is InChI=1S/C20H22N10O13P2/c21-16-9-7(23-3-24-16)8(28-29-9)14-12(32)13-6(40-14)2-39-45(36,37)43-15-11(31)5(1-38-44(34,35)42-13)41-19(15)30-4-25-10-17(30)26-20(22)27-18(10)33/h1,4,7,9,11,16,23-24,29,31,34-37H,2-3,21H2,(H2-2,22,26,27,28,32,33)/p+2/b5-1+/t7?,9?,11-,16-/m1/s1. The van der Waals surface area contributed by atoms with Crippen molar-refractivity contribution in [2.75, 3.05) is 12.4 Å². The number of anilines is 1. The highest BCUT2D eigenvalue weighted by molar-refractivity contribution is 7.55. The van der Waals surface area contributed by atoms with Crippen molar-refractivity contribution < 1.29 is 57.0 Å². The second-order valence-electron chi connectivity index (χ2n) is 9.75. The molecule has 0 spiro atoms. The number of aliphatic hydroxyl groups is 1. The number of aromatic nitrogens is 4. The summed E-state index contributed by atoms with van der Waals surface area (Å²) in [7, 11) is -9.92. The molecule has 240 valence electrons. The first kappa shape index (κ1) is 29.6. The number of hydrogen-bond donors (Lipinski definition) is 12. The molecule has 2 unspecified atom stereocenters. The molecule has 4 atom stereocenters. The van der Waals surface area contributed by atoms with Gasteiger partial charge in [0, 0.05) is 6.67 Å². The maximum Gasteiger partial charge on any atom is 0.663 e. The predicted molar refractivity (Wildman–Crippen MR) is 148 cm³/mol. The number of nitrogens with two attached hydrogens (primary N) is 2. The Balaban J connectivity index is 1.27. The van der Waals surface area contributed by atoms with Crippen LogP contribution in [0.4, 0.5) is 5.95 Å². The molecular weight excluding hydrogens is 650 g/mol. The van der Waals surface area contributed by atoms with Gasteiger partial charge in [-0.15, -0.1) is 4.52 Å². The molecule has 0 amide bonds. The van der Waals surface area contributed by atoms with Crippen molar-refractivity contribution in [3.63, 3.8) is 0 Å². The lowest BCUT2D eigenvalue weighted by Gasteiger charge is -2.32. The molecule has 4 aliphatic heterocycles. The third-order valence-electron chi connectivity index (χ3n) is 6.86. The van der Waals surface area contributed by atoms with E-state index in [1.807, 2.05) is 0 Å². The summed E-state index contributed by atoms with van der Waals surface area (Å²) < 4.78 is 32.9. The Bertz CT molecular complexity index is 1850. The SMILES string of the molecule is Nc1nc2c(ncn2C2=C3O[P+](O)(O)OCc4oc(C5=NNC6C5NCN[C@H]6N)c(O)c4O[P+](O)(O)O/C=C(/O2)[C@H]3O)c(=O)[nH]1. The Hall–Kier alpha value is -4.12. The highest BCUT2D eigenvalue weighted by atomic mass is 31.2. The summed E-state index contributed by atoms with van der Waals surface area (Å²) in [5, 5.41) is 32.2. The van der Waals surface area contributed by atoms with E-state index in [-0.39, 0.29) is 35.3 Å². The van der Waals surface area contributed by atoms with Gasteiger partial charge in [0.2, 0.25) is 11.7 Å². The minimum absolute atomic E-state index is 0.129. The van der Waals surface area contributed by atoms with Gasteiger partial charge in [-0.2, -0.15) is 29.7 Å². The van der Waals surface area contributed by atoms with Crippen LogP contribution in [0, 0.1) is 0 Å². The molecule has 7 rings (SSSR count). The number of rotatable bonds is 2. The molecule has 0 aromatic carbocycles. The number of aliphatic hydroxyl groups excluding tert-OH is 1. The van der Waals surface area contributed by atoms with Crippen LogP contribution in [0.3, 0.4) is 0 Å². The number of nitrogens with zero attached hydrogens (tertiary/aromatic N) is 4. The first-order chi connectivity index (χ1) is 21.3. The van der Waals surface area contributed by atoms with Gasteiger partial charge in [-0.1, -0.05) is 0 Å². The number of aromatic hydroxyl groups is 1. The van der Waals surface area contributed by atoms with Gasteiger partial charge in [-0.25, -0.2) is 14.1 Å². The quantitative estimate of drug-likeness (QED) is 0.119. The van der Waals surface area contributed by atoms with E-state index in [1.165, 1.54) is 0 Å². The third-order valence-corrected chi connectivity index (χ3v) is 8.56. The first-order valence-corrected chi connectivity index (χ1v) is 15.7. The lowest BCUT2D eigenvalue weighted by molar-refractivity contribution is 0.102. The molecule has 1 saturated heterocycles. The van der Waals surface area contributed by atoms with E-state index in [0.29, 0.717) is 6.26 Å². The molecule has 45 heavy (non-hydrogen) atoms. The lowest BCUT2D eigenvalue weighted by atomic mass is 9.99. The van der Waals surface area contributed by atoms with E-state index in [2.05, 4.69) is 36.1 Å². The summed E-state index contributed by atoms with van der Waals surface area (Å²) in [6.07, 6.45) is -0.918. The van der Waals surface area contributed by atoms with Crippen molar-refractivity contribution in [2.45, 2.75) is 31.0 Å². The van der Waals surface area contributed by atoms with Gasteiger partial charge in [-0.05, 0) is 0 Å². The molecule has 7 heterocycles. The van der Waals surface area contributed by atoms with Gasteiger partial charge < -0.3 is 36.3 Å². The zero-order valence-corrected chi connectivity index (χ0v) is 24.0. The Morgan fingerprint density at radius 2 is 1.93 bits per heavy atom. The molecular formula is C20H24N10O13P2+2. The number of ether oxygens (including phenoxy) is 1. The van der Waals surface area contributed by atoms with Gasteiger partial charge in [-0.3, -0.25) is 29.5 Å². The molecule has 25 heteroatoms. The van der Waals surface area contributed by atoms with Crippen molar-refractivity contribution in [3.8, 4) is 11.5 Å². The number of furan rings is 1. The zero-order chi connectivity index (χ0) is 31.8. The second kappa shape index (κ2) is 10.5. The molecule has 2 bridgehead atoms. The number of nitrogen functional groups attached to an aromatic ring is 1. The maximum atomic E-state index is 12.3. The van der Waals surface area contributed by atoms with E-state index >= 15 is 0 Å². The third kappa shape index (κ3) is 5.10. The van der Waals surface area contributed by atoms with Crippen LogP contribution in [0.1, 0.15) is 11.5 Å². The van der Waals surface area contributed by atoms with Gasteiger partial charge in [0.15, 0.2) is 47.4 Å². The fourth-order valence-electron chi connectivity index (χ4n) is 4.83. The Morgan fingerprint density at radius 3 is 2.73 bits per heavy atom. The highest BCUT2D eigenvalue weighted by Gasteiger charge is 2.53.